The Bertz CT molecular complexity index is 1030. The molecule has 3 aromatic carbocycles. The Kier molecular flexibility index (Phi) is 4.51. The van der Waals surface area contributed by atoms with Crippen molar-refractivity contribution >= 4 is 5.69 Å². The van der Waals surface area contributed by atoms with Gasteiger partial charge in [0, 0.05) is 43.5 Å². The van der Waals surface area contributed by atoms with Gasteiger partial charge in [-0.2, -0.15) is 0 Å². The minimum absolute atomic E-state index is 0.973. The van der Waals surface area contributed by atoms with Crippen LogP contribution in [-0.2, 0) is 7.05 Å². The number of nitrogens with zero attached hydrogens (tertiary/aromatic N) is 3. The third kappa shape index (κ3) is 3.24. The highest BCUT2D eigenvalue weighted by molar-refractivity contribution is 5.82. The van der Waals surface area contributed by atoms with Crippen molar-refractivity contribution in [3.05, 3.63) is 84.9 Å². The molecule has 0 fully saturated rings. The van der Waals surface area contributed by atoms with Crippen LogP contribution in [-0.4, -0.2) is 23.6 Å². The molecule has 0 aliphatic carbocycles. The second-order valence-corrected chi connectivity index (χ2v) is 6.86. The smallest absolute Gasteiger partial charge is 0.140 e. The normalized spacial score (nSPS) is 10.8. The van der Waals surface area contributed by atoms with Gasteiger partial charge in [-0.25, -0.2) is 4.98 Å². The van der Waals surface area contributed by atoms with Gasteiger partial charge in [-0.15, -0.1) is 0 Å². The minimum Gasteiger partial charge on any atom is -0.378 e. The fourth-order valence-corrected chi connectivity index (χ4v) is 3.39. The molecule has 3 nitrogen and oxygen atoms in total. The molecule has 4 aromatic rings. The standard InChI is InChI=1S/C24H23N3/c1-26(2)21-16-14-18(15-17-21)22-23(19-10-6-4-7-11-19)27(3)24(25-22)20-12-8-5-9-13-20/h4-17H,1-3H3. The van der Waals surface area contributed by atoms with Crippen molar-refractivity contribution in [1.82, 2.24) is 9.55 Å². The van der Waals surface area contributed by atoms with Crippen LogP contribution in [0.5, 0.6) is 0 Å². The summed E-state index contributed by atoms with van der Waals surface area (Å²) in [7, 11) is 6.20. The van der Waals surface area contributed by atoms with Gasteiger partial charge in [0.25, 0.3) is 0 Å². The van der Waals surface area contributed by atoms with Crippen LogP contribution in [0.1, 0.15) is 0 Å². The predicted octanol–water partition coefficient (Wildman–Crippen LogP) is 5.49. The van der Waals surface area contributed by atoms with E-state index in [1.807, 2.05) is 12.1 Å². The molecule has 0 aliphatic heterocycles. The zero-order valence-electron chi connectivity index (χ0n) is 15.9. The lowest BCUT2D eigenvalue weighted by Crippen LogP contribution is -2.07. The number of hydrogen-bond donors (Lipinski definition) is 0. The molecular weight excluding hydrogens is 330 g/mol. The molecule has 0 atom stereocenters. The van der Waals surface area contributed by atoms with Gasteiger partial charge in [-0.1, -0.05) is 72.8 Å². The van der Waals surface area contributed by atoms with Crippen LogP contribution in [0.25, 0.3) is 33.9 Å². The number of anilines is 1. The van der Waals surface area contributed by atoms with Gasteiger partial charge in [0.15, 0.2) is 0 Å². The molecule has 0 spiro atoms. The maximum absolute atomic E-state index is 5.05. The van der Waals surface area contributed by atoms with Crippen LogP contribution in [0.2, 0.25) is 0 Å². The summed E-state index contributed by atoms with van der Waals surface area (Å²) in [5, 5.41) is 0. The van der Waals surface area contributed by atoms with Gasteiger partial charge in [0.1, 0.15) is 5.82 Å². The van der Waals surface area contributed by atoms with Crippen LogP contribution >= 0.6 is 0 Å². The lowest BCUT2D eigenvalue weighted by atomic mass is 10.0. The largest absolute Gasteiger partial charge is 0.378 e. The molecule has 1 aromatic heterocycles. The Morgan fingerprint density at radius 3 is 1.78 bits per heavy atom. The Morgan fingerprint density at radius 2 is 1.22 bits per heavy atom. The highest BCUT2D eigenvalue weighted by Gasteiger charge is 2.18. The lowest BCUT2D eigenvalue weighted by molar-refractivity contribution is 0.933. The molecule has 0 N–H and O–H groups in total. The van der Waals surface area contributed by atoms with Crippen LogP contribution < -0.4 is 4.90 Å². The second-order valence-electron chi connectivity index (χ2n) is 6.86. The van der Waals surface area contributed by atoms with Crippen molar-refractivity contribution in [3.63, 3.8) is 0 Å². The highest BCUT2D eigenvalue weighted by atomic mass is 15.1. The zero-order chi connectivity index (χ0) is 18.8. The van der Waals surface area contributed by atoms with Crippen LogP contribution in [0.4, 0.5) is 5.69 Å². The van der Waals surface area contributed by atoms with Gasteiger partial charge >= 0.3 is 0 Å². The van der Waals surface area contributed by atoms with Crippen molar-refractivity contribution in [2.75, 3.05) is 19.0 Å². The molecular formula is C24H23N3. The van der Waals surface area contributed by atoms with E-state index < -0.39 is 0 Å². The van der Waals surface area contributed by atoms with Gasteiger partial charge in [0.2, 0.25) is 0 Å². The molecule has 0 unspecified atom stereocenters. The summed E-state index contributed by atoms with van der Waals surface area (Å²) < 4.78 is 2.19. The van der Waals surface area contributed by atoms with E-state index in [1.54, 1.807) is 0 Å². The quantitative estimate of drug-likeness (QED) is 0.484. The summed E-state index contributed by atoms with van der Waals surface area (Å²) >= 11 is 0. The summed E-state index contributed by atoms with van der Waals surface area (Å²) in [4.78, 5) is 7.16. The molecule has 0 aliphatic rings. The molecule has 0 bridgehead atoms. The molecule has 0 saturated heterocycles. The van der Waals surface area contributed by atoms with Crippen LogP contribution in [0, 0.1) is 0 Å². The summed E-state index contributed by atoms with van der Waals surface area (Å²) in [6.45, 7) is 0. The van der Waals surface area contributed by atoms with E-state index in [2.05, 4.69) is 103 Å². The van der Waals surface area contributed by atoms with E-state index in [0.717, 1.165) is 28.3 Å². The first-order valence-corrected chi connectivity index (χ1v) is 9.10. The minimum atomic E-state index is 0.973. The van der Waals surface area contributed by atoms with Crippen molar-refractivity contribution in [2.24, 2.45) is 7.05 Å². The predicted molar refractivity (Wildman–Crippen MR) is 114 cm³/mol. The van der Waals surface area contributed by atoms with Gasteiger partial charge in [-0.3, -0.25) is 0 Å². The SMILES string of the molecule is CN(C)c1ccc(-c2nc(-c3ccccc3)n(C)c2-c2ccccc2)cc1. The summed E-state index contributed by atoms with van der Waals surface area (Å²) in [6.07, 6.45) is 0. The molecule has 134 valence electrons. The van der Waals surface area contributed by atoms with E-state index in [-0.39, 0.29) is 0 Å². The third-order valence-electron chi connectivity index (χ3n) is 4.83. The molecule has 3 heteroatoms. The average molecular weight is 353 g/mol. The summed E-state index contributed by atoms with van der Waals surface area (Å²) in [6, 6.07) is 29.4. The van der Waals surface area contributed by atoms with E-state index in [1.165, 1.54) is 11.3 Å². The number of imidazole rings is 1. The molecule has 1 heterocycles. The van der Waals surface area contributed by atoms with E-state index in [9.17, 15) is 0 Å². The Hall–Kier alpha value is -3.33. The first-order valence-electron chi connectivity index (χ1n) is 9.10. The molecule has 4 rings (SSSR count). The molecule has 0 saturated carbocycles. The van der Waals surface area contributed by atoms with E-state index >= 15 is 0 Å². The maximum Gasteiger partial charge on any atom is 0.140 e. The van der Waals surface area contributed by atoms with Gasteiger partial charge < -0.3 is 9.47 Å². The topological polar surface area (TPSA) is 21.1 Å². The Labute approximate surface area is 160 Å². The number of benzene rings is 3. The fraction of sp³-hybridized carbons (Fsp3) is 0.125. The highest BCUT2D eigenvalue weighted by Crippen LogP contribution is 2.35. The first-order chi connectivity index (χ1) is 13.1. The maximum atomic E-state index is 5.05. The van der Waals surface area contributed by atoms with Crippen LogP contribution in [0.15, 0.2) is 84.9 Å². The van der Waals surface area contributed by atoms with E-state index in [0.29, 0.717) is 0 Å². The zero-order valence-corrected chi connectivity index (χ0v) is 15.9. The number of hydrogen-bond acceptors (Lipinski definition) is 2. The van der Waals surface area contributed by atoms with E-state index in [4.69, 9.17) is 4.98 Å². The van der Waals surface area contributed by atoms with Gasteiger partial charge in [-0.05, 0) is 12.1 Å². The summed E-state index contributed by atoms with van der Waals surface area (Å²) in [5.74, 6) is 0.973. The van der Waals surface area contributed by atoms with Crippen LogP contribution in [0.3, 0.4) is 0 Å². The molecule has 27 heavy (non-hydrogen) atoms. The number of aromatic nitrogens is 2. The monoisotopic (exact) mass is 353 g/mol. The van der Waals surface area contributed by atoms with Crippen molar-refractivity contribution < 1.29 is 0 Å². The van der Waals surface area contributed by atoms with Gasteiger partial charge in [0.05, 0.1) is 11.4 Å². The Balaban J connectivity index is 1.92. The number of rotatable bonds is 4. The third-order valence-corrected chi connectivity index (χ3v) is 4.83. The summed E-state index contributed by atoms with van der Waals surface area (Å²) in [5.41, 5.74) is 6.73. The van der Waals surface area contributed by atoms with Crippen molar-refractivity contribution in [2.45, 2.75) is 0 Å². The fourth-order valence-electron chi connectivity index (χ4n) is 3.39. The average Bonchev–Trinajstić information content (AvgIpc) is 3.06. The second kappa shape index (κ2) is 7.12. The lowest BCUT2D eigenvalue weighted by Gasteiger charge is -2.13. The Morgan fingerprint density at radius 1 is 0.667 bits per heavy atom. The van der Waals surface area contributed by atoms with Crippen molar-refractivity contribution in [1.29, 1.82) is 0 Å². The van der Waals surface area contributed by atoms with Crippen molar-refractivity contribution in [3.8, 4) is 33.9 Å². The first kappa shape index (κ1) is 17.1. The molecule has 0 amide bonds. The molecule has 0 radical (unpaired) electrons.